The molecular formula is C11H10FNOS. The van der Waals surface area contributed by atoms with Gasteiger partial charge in [-0.15, -0.1) is 11.3 Å². The van der Waals surface area contributed by atoms with Crippen LogP contribution in [-0.2, 0) is 6.61 Å². The van der Waals surface area contributed by atoms with Gasteiger partial charge in [-0.05, 0) is 36.1 Å². The van der Waals surface area contributed by atoms with Gasteiger partial charge in [0.05, 0.1) is 0 Å². The second-order valence-electron chi connectivity index (χ2n) is 3.11. The highest BCUT2D eigenvalue weighted by atomic mass is 32.1. The first-order valence-electron chi connectivity index (χ1n) is 4.53. The third kappa shape index (κ3) is 2.33. The van der Waals surface area contributed by atoms with E-state index in [-0.39, 0.29) is 5.88 Å². The number of rotatable bonds is 3. The first-order chi connectivity index (χ1) is 7.27. The third-order valence-electron chi connectivity index (χ3n) is 2.03. The van der Waals surface area contributed by atoms with E-state index in [1.165, 1.54) is 12.3 Å². The minimum Gasteiger partial charge on any atom is -0.470 e. The van der Waals surface area contributed by atoms with Crippen LogP contribution in [0.15, 0.2) is 29.8 Å². The first kappa shape index (κ1) is 10.1. The van der Waals surface area contributed by atoms with Crippen LogP contribution in [-0.4, -0.2) is 4.98 Å². The predicted molar refractivity (Wildman–Crippen MR) is 57.6 cm³/mol. The lowest BCUT2D eigenvalue weighted by atomic mass is 10.3. The van der Waals surface area contributed by atoms with Crippen LogP contribution in [0.1, 0.15) is 10.4 Å². The Labute approximate surface area is 91.4 Å². The van der Waals surface area contributed by atoms with E-state index in [1.54, 1.807) is 17.4 Å². The molecule has 0 aliphatic carbocycles. The van der Waals surface area contributed by atoms with E-state index >= 15 is 0 Å². The maximum Gasteiger partial charge on any atom is 0.250 e. The molecule has 2 heterocycles. The van der Waals surface area contributed by atoms with Gasteiger partial charge in [-0.3, -0.25) is 0 Å². The fourth-order valence-electron chi connectivity index (χ4n) is 1.16. The number of hydrogen-bond donors (Lipinski definition) is 0. The van der Waals surface area contributed by atoms with E-state index in [2.05, 4.69) is 4.98 Å². The van der Waals surface area contributed by atoms with Crippen LogP contribution in [0.4, 0.5) is 4.39 Å². The summed E-state index contributed by atoms with van der Waals surface area (Å²) in [5, 5.41) is 1.99. The molecule has 0 spiro atoms. The molecule has 2 nitrogen and oxygen atoms in total. The molecule has 0 bridgehead atoms. The monoisotopic (exact) mass is 223 g/mol. The molecule has 0 aliphatic rings. The van der Waals surface area contributed by atoms with Gasteiger partial charge in [0.15, 0.2) is 5.82 Å². The molecular weight excluding hydrogens is 213 g/mol. The number of hydrogen-bond acceptors (Lipinski definition) is 3. The van der Waals surface area contributed by atoms with E-state index in [0.29, 0.717) is 6.61 Å². The molecule has 0 atom stereocenters. The van der Waals surface area contributed by atoms with Crippen molar-refractivity contribution in [1.82, 2.24) is 4.98 Å². The van der Waals surface area contributed by atoms with Crippen molar-refractivity contribution in [3.63, 3.8) is 0 Å². The van der Waals surface area contributed by atoms with Crippen LogP contribution in [0, 0.1) is 12.7 Å². The summed E-state index contributed by atoms with van der Waals surface area (Å²) in [5.74, 6) is -0.364. The molecule has 2 rings (SSSR count). The molecule has 78 valence electrons. The summed E-state index contributed by atoms with van der Waals surface area (Å²) in [6, 6.07) is 4.89. The van der Waals surface area contributed by atoms with E-state index in [1.807, 2.05) is 18.4 Å². The predicted octanol–water partition coefficient (Wildman–Crippen LogP) is 3.17. The second-order valence-corrected chi connectivity index (χ2v) is 4.11. The minimum atomic E-state index is -0.424. The Kier molecular flexibility index (Phi) is 2.97. The number of aryl methyl sites for hydroxylation is 1. The largest absolute Gasteiger partial charge is 0.470 e. The van der Waals surface area contributed by atoms with Gasteiger partial charge in [-0.25, -0.2) is 9.37 Å². The number of aromatic nitrogens is 1. The van der Waals surface area contributed by atoms with Gasteiger partial charge in [-0.2, -0.15) is 0 Å². The second kappa shape index (κ2) is 4.40. The van der Waals surface area contributed by atoms with Crippen LogP contribution in [0.2, 0.25) is 0 Å². The van der Waals surface area contributed by atoms with Crippen LogP contribution in [0.3, 0.4) is 0 Å². The van der Waals surface area contributed by atoms with Crippen molar-refractivity contribution in [1.29, 1.82) is 0 Å². The highest BCUT2D eigenvalue weighted by Gasteiger charge is 2.05. The van der Waals surface area contributed by atoms with Crippen molar-refractivity contribution < 1.29 is 9.13 Å². The smallest absolute Gasteiger partial charge is 0.250 e. The summed E-state index contributed by atoms with van der Waals surface area (Å²) >= 11 is 1.60. The lowest BCUT2D eigenvalue weighted by molar-refractivity contribution is 0.279. The minimum absolute atomic E-state index is 0.0605. The zero-order valence-electron chi connectivity index (χ0n) is 8.24. The molecule has 0 fully saturated rings. The van der Waals surface area contributed by atoms with Crippen molar-refractivity contribution in [2.24, 2.45) is 0 Å². The topological polar surface area (TPSA) is 22.1 Å². The summed E-state index contributed by atoms with van der Waals surface area (Å²) in [6.07, 6.45) is 1.51. The number of pyridine rings is 1. The summed E-state index contributed by atoms with van der Waals surface area (Å²) in [6.45, 7) is 2.38. The van der Waals surface area contributed by atoms with Crippen molar-refractivity contribution >= 4 is 11.3 Å². The molecule has 0 saturated carbocycles. The van der Waals surface area contributed by atoms with Gasteiger partial charge in [0, 0.05) is 11.1 Å². The standard InChI is InChI=1S/C11H10FNOS/c1-8-4-6-15-10(8)7-14-11-9(12)3-2-5-13-11/h2-6H,7H2,1H3. The van der Waals surface area contributed by atoms with Gasteiger partial charge < -0.3 is 4.74 Å². The molecule has 0 radical (unpaired) electrons. The Morgan fingerprint density at radius 1 is 1.47 bits per heavy atom. The maximum atomic E-state index is 13.1. The Morgan fingerprint density at radius 2 is 2.33 bits per heavy atom. The molecule has 0 unspecified atom stereocenters. The van der Waals surface area contributed by atoms with E-state index in [4.69, 9.17) is 4.74 Å². The quantitative estimate of drug-likeness (QED) is 0.797. The van der Waals surface area contributed by atoms with Crippen LogP contribution in [0.5, 0.6) is 5.88 Å². The number of halogens is 1. The molecule has 0 saturated heterocycles. The van der Waals surface area contributed by atoms with E-state index in [9.17, 15) is 4.39 Å². The SMILES string of the molecule is Cc1ccsc1COc1ncccc1F. The number of nitrogens with zero attached hydrogens (tertiary/aromatic N) is 1. The Morgan fingerprint density at radius 3 is 3.00 bits per heavy atom. The van der Waals surface area contributed by atoms with Gasteiger partial charge in [0.1, 0.15) is 6.61 Å². The molecule has 0 N–H and O–H groups in total. The Hall–Kier alpha value is -1.42. The Balaban J connectivity index is 2.06. The third-order valence-corrected chi connectivity index (χ3v) is 3.03. The normalized spacial score (nSPS) is 10.3. The molecule has 2 aromatic rings. The summed E-state index contributed by atoms with van der Waals surface area (Å²) in [4.78, 5) is 4.91. The molecule has 4 heteroatoms. The summed E-state index contributed by atoms with van der Waals surface area (Å²) in [5.41, 5.74) is 1.16. The maximum absolute atomic E-state index is 13.1. The summed E-state index contributed by atoms with van der Waals surface area (Å²) in [7, 11) is 0. The van der Waals surface area contributed by atoms with Gasteiger partial charge >= 0.3 is 0 Å². The average Bonchev–Trinajstić information content (AvgIpc) is 2.63. The van der Waals surface area contributed by atoms with Crippen molar-refractivity contribution in [3.05, 3.63) is 46.0 Å². The van der Waals surface area contributed by atoms with Crippen LogP contribution in [0.25, 0.3) is 0 Å². The van der Waals surface area contributed by atoms with Gasteiger partial charge in [0.2, 0.25) is 0 Å². The molecule has 0 aromatic carbocycles. The zero-order chi connectivity index (χ0) is 10.7. The molecule has 15 heavy (non-hydrogen) atoms. The fourth-order valence-corrected chi connectivity index (χ4v) is 1.98. The fraction of sp³-hybridized carbons (Fsp3) is 0.182. The van der Waals surface area contributed by atoms with Gasteiger partial charge in [-0.1, -0.05) is 0 Å². The number of ether oxygens (including phenoxy) is 1. The molecule has 0 aliphatic heterocycles. The van der Waals surface area contributed by atoms with E-state index in [0.717, 1.165) is 10.4 Å². The summed E-state index contributed by atoms with van der Waals surface area (Å²) < 4.78 is 18.4. The lowest BCUT2D eigenvalue weighted by Gasteiger charge is -2.04. The van der Waals surface area contributed by atoms with Gasteiger partial charge in [0.25, 0.3) is 5.88 Å². The van der Waals surface area contributed by atoms with Crippen molar-refractivity contribution in [2.75, 3.05) is 0 Å². The highest BCUT2D eigenvalue weighted by molar-refractivity contribution is 7.10. The number of thiophene rings is 1. The molecule has 0 amide bonds. The highest BCUT2D eigenvalue weighted by Crippen LogP contribution is 2.19. The van der Waals surface area contributed by atoms with Crippen molar-refractivity contribution in [3.8, 4) is 5.88 Å². The van der Waals surface area contributed by atoms with E-state index < -0.39 is 5.82 Å². The Bertz CT molecular complexity index is 455. The van der Waals surface area contributed by atoms with Crippen LogP contribution >= 0.6 is 11.3 Å². The lowest BCUT2D eigenvalue weighted by Crippen LogP contribution is -1.98. The zero-order valence-corrected chi connectivity index (χ0v) is 9.05. The van der Waals surface area contributed by atoms with Crippen molar-refractivity contribution in [2.45, 2.75) is 13.5 Å². The first-order valence-corrected chi connectivity index (χ1v) is 5.41. The average molecular weight is 223 g/mol. The van der Waals surface area contributed by atoms with Crippen LogP contribution < -0.4 is 4.74 Å². The molecule has 2 aromatic heterocycles.